The number of halogens is 2. The van der Waals surface area contributed by atoms with Gasteiger partial charge in [0.05, 0.1) is 13.2 Å². The highest BCUT2D eigenvalue weighted by molar-refractivity contribution is 6.35. The monoisotopic (exact) mass is 357 g/mol. The summed E-state index contributed by atoms with van der Waals surface area (Å²) in [5.74, 6) is -1.14. The summed E-state index contributed by atoms with van der Waals surface area (Å²) in [7, 11) is 0. The Morgan fingerprint density at radius 3 is 2.87 bits per heavy atom. The molecule has 0 saturated carbocycles. The van der Waals surface area contributed by atoms with E-state index in [1.165, 1.54) is 6.33 Å². The molecular formula is C15H17Cl2N3O3. The molecule has 23 heavy (non-hydrogen) atoms. The molecule has 1 aromatic carbocycles. The second-order valence-electron chi connectivity index (χ2n) is 5.40. The quantitative estimate of drug-likeness (QED) is 0.821. The topological polar surface area (TPSA) is 58.4 Å². The number of benzene rings is 1. The molecule has 1 aromatic heterocycles. The van der Waals surface area contributed by atoms with E-state index in [1.54, 1.807) is 30.1 Å². The SMILES string of the molecule is CCOC1(C)OCC(Cn2cncn2)(c2ccc(Cl)cc2Cl)O1. The largest absolute Gasteiger partial charge is 0.328 e. The number of nitrogens with zero attached hydrogens (tertiary/aromatic N) is 3. The third-order valence-electron chi connectivity index (χ3n) is 3.66. The van der Waals surface area contributed by atoms with Gasteiger partial charge in [-0.1, -0.05) is 29.3 Å². The lowest BCUT2D eigenvalue weighted by molar-refractivity contribution is -0.335. The Morgan fingerprint density at radius 2 is 2.22 bits per heavy atom. The maximum absolute atomic E-state index is 6.40. The predicted octanol–water partition coefficient (Wildman–Crippen LogP) is 3.24. The Hall–Kier alpha value is -1.18. The normalized spacial score (nSPS) is 27.5. The van der Waals surface area contributed by atoms with Gasteiger partial charge in [0.2, 0.25) is 0 Å². The molecule has 1 fully saturated rings. The molecule has 2 atom stereocenters. The van der Waals surface area contributed by atoms with Gasteiger partial charge in [-0.3, -0.25) is 0 Å². The van der Waals surface area contributed by atoms with Crippen molar-refractivity contribution < 1.29 is 14.2 Å². The third kappa shape index (κ3) is 3.36. The van der Waals surface area contributed by atoms with Crippen LogP contribution in [0.1, 0.15) is 19.4 Å². The van der Waals surface area contributed by atoms with Crippen LogP contribution in [0, 0.1) is 0 Å². The highest BCUT2D eigenvalue weighted by Crippen LogP contribution is 2.43. The molecule has 0 N–H and O–H groups in total. The Kier molecular flexibility index (Phi) is 4.62. The lowest BCUT2D eigenvalue weighted by Crippen LogP contribution is -2.38. The molecule has 2 unspecified atom stereocenters. The van der Waals surface area contributed by atoms with Crippen molar-refractivity contribution in [3.8, 4) is 0 Å². The summed E-state index contributed by atoms with van der Waals surface area (Å²) in [5, 5.41) is 5.21. The summed E-state index contributed by atoms with van der Waals surface area (Å²) in [4.78, 5) is 3.97. The van der Waals surface area contributed by atoms with Crippen LogP contribution in [0.5, 0.6) is 0 Å². The van der Waals surface area contributed by atoms with Crippen LogP contribution in [0.2, 0.25) is 10.0 Å². The second-order valence-corrected chi connectivity index (χ2v) is 6.24. The van der Waals surface area contributed by atoms with Crippen molar-refractivity contribution in [3.05, 3.63) is 46.5 Å². The summed E-state index contributed by atoms with van der Waals surface area (Å²) >= 11 is 12.4. The fraction of sp³-hybridized carbons (Fsp3) is 0.467. The Labute approximate surface area is 144 Å². The zero-order valence-corrected chi connectivity index (χ0v) is 14.3. The van der Waals surface area contributed by atoms with Crippen LogP contribution in [0.25, 0.3) is 0 Å². The van der Waals surface area contributed by atoms with Gasteiger partial charge < -0.3 is 14.2 Å². The first-order valence-electron chi connectivity index (χ1n) is 7.22. The highest BCUT2D eigenvalue weighted by Gasteiger charge is 2.51. The minimum absolute atomic E-state index is 0.269. The first-order chi connectivity index (χ1) is 11.0. The van der Waals surface area contributed by atoms with Gasteiger partial charge in [0.1, 0.15) is 18.3 Å². The van der Waals surface area contributed by atoms with E-state index in [2.05, 4.69) is 10.1 Å². The van der Waals surface area contributed by atoms with Gasteiger partial charge in [0.15, 0.2) is 0 Å². The number of hydrogen-bond acceptors (Lipinski definition) is 5. The zero-order chi connectivity index (χ0) is 16.5. The highest BCUT2D eigenvalue weighted by atomic mass is 35.5. The van der Waals surface area contributed by atoms with Crippen LogP contribution in [-0.4, -0.2) is 34.0 Å². The number of aromatic nitrogens is 3. The number of ether oxygens (including phenoxy) is 3. The van der Waals surface area contributed by atoms with Gasteiger partial charge in [-0.2, -0.15) is 5.10 Å². The molecule has 0 spiro atoms. The van der Waals surface area contributed by atoms with Crippen molar-refractivity contribution in [2.45, 2.75) is 32.0 Å². The standard InChI is InChI=1S/C15H17Cl2N3O3/c1-3-21-14(2)22-8-15(23-14,7-20-10-18-9-19-20)12-5-4-11(16)6-13(12)17/h4-6,9-10H,3,7-8H2,1-2H3. The summed E-state index contributed by atoms with van der Waals surface area (Å²) in [6, 6.07) is 5.29. The maximum atomic E-state index is 6.40. The maximum Gasteiger partial charge on any atom is 0.280 e. The van der Waals surface area contributed by atoms with Crippen LogP contribution in [0.15, 0.2) is 30.9 Å². The van der Waals surface area contributed by atoms with Crippen LogP contribution in [-0.2, 0) is 26.4 Å². The first-order valence-corrected chi connectivity index (χ1v) is 7.98. The van der Waals surface area contributed by atoms with Gasteiger partial charge in [0, 0.05) is 29.1 Å². The molecule has 1 aliphatic rings. The van der Waals surface area contributed by atoms with Crippen LogP contribution >= 0.6 is 23.2 Å². The van der Waals surface area contributed by atoms with Gasteiger partial charge >= 0.3 is 0 Å². The smallest absolute Gasteiger partial charge is 0.280 e. The van der Waals surface area contributed by atoms with Crippen molar-refractivity contribution in [1.29, 1.82) is 0 Å². The van der Waals surface area contributed by atoms with Gasteiger partial charge in [-0.05, 0) is 19.1 Å². The van der Waals surface area contributed by atoms with E-state index in [9.17, 15) is 0 Å². The molecule has 8 heteroatoms. The number of hydrogen-bond donors (Lipinski definition) is 0. The molecule has 1 aliphatic heterocycles. The van der Waals surface area contributed by atoms with Crippen LogP contribution in [0.3, 0.4) is 0 Å². The molecule has 0 bridgehead atoms. The summed E-state index contributed by atoms with van der Waals surface area (Å²) < 4.78 is 19.2. The molecule has 2 heterocycles. The van der Waals surface area contributed by atoms with E-state index in [0.717, 1.165) is 5.56 Å². The van der Waals surface area contributed by atoms with Gasteiger partial charge in [-0.15, -0.1) is 0 Å². The third-order valence-corrected chi connectivity index (χ3v) is 4.21. The van der Waals surface area contributed by atoms with E-state index in [4.69, 9.17) is 37.4 Å². The predicted molar refractivity (Wildman–Crippen MR) is 85.2 cm³/mol. The van der Waals surface area contributed by atoms with Crippen molar-refractivity contribution in [2.24, 2.45) is 0 Å². The van der Waals surface area contributed by atoms with E-state index in [-0.39, 0.29) is 6.61 Å². The number of rotatable bonds is 5. The lowest BCUT2D eigenvalue weighted by atomic mass is 9.94. The van der Waals surface area contributed by atoms with Gasteiger partial charge in [0.25, 0.3) is 5.97 Å². The minimum Gasteiger partial charge on any atom is -0.328 e. The summed E-state index contributed by atoms with van der Waals surface area (Å²) in [5.41, 5.74) is -0.0817. The molecule has 0 amide bonds. The Balaban J connectivity index is 2.00. The summed E-state index contributed by atoms with van der Waals surface area (Å²) in [6.45, 7) is 4.74. The average Bonchev–Trinajstić information content (AvgIpc) is 3.08. The molecule has 2 aromatic rings. The second kappa shape index (κ2) is 6.37. The van der Waals surface area contributed by atoms with Crippen molar-refractivity contribution in [2.75, 3.05) is 13.2 Å². The Bertz CT molecular complexity index is 683. The van der Waals surface area contributed by atoms with Crippen LogP contribution in [0.4, 0.5) is 0 Å². The minimum atomic E-state index is -1.14. The van der Waals surface area contributed by atoms with Gasteiger partial charge in [-0.25, -0.2) is 9.67 Å². The van der Waals surface area contributed by atoms with E-state index < -0.39 is 11.6 Å². The molecular weight excluding hydrogens is 341 g/mol. The van der Waals surface area contributed by atoms with Crippen molar-refractivity contribution in [3.63, 3.8) is 0 Å². The van der Waals surface area contributed by atoms with E-state index in [0.29, 0.717) is 23.2 Å². The summed E-state index contributed by atoms with van der Waals surface area (Å²) in [6.07, 6.45) is 3.08. The first kappa shape index (κ1) is 16.7. The molecule has 6 nitrogen and oxygen atoms in total. The Morgan fingerprint density at radius 1 is 1.39 bits per heavy atom. The molecule has 124 valence electrons. The average molecular weight is 358 g/mol. The van der Waals surface area contributed by atoms with Crippen molar-refractivity contribution >= 4 is 23.2 Å². The zero-order valence-electron chi connectivity index (χ0n) is 12.8. The molecule has 1 saturated heterocycles. The fourth-order valence-electron chi connectivity index (χ4n) is 2.73. The van der Waals surface area contributed by atoms with E-state index >= 15 is 0 Å². The van der Waals surface area contributed by atoms with E-state index in [1.807, 2.05) is 13.0 Å². The van der Waals surface area contributed by atoms with Crippen LogP contribution < -0.4 is 0 Å². The lowest BCUT2D eigenvalue weighted by Gasteiger charge is -2.31. The van der Waals surface area contributed by atoms with Crippen molar-refractivity contribution in [1.82, 2.24) is 14.8 Å². The fourth-order valence-corrected chi connectivity index (χ4v) is 3.31. The molecule has 3 rings (SSSR count). The molecule has 0 radical (unpaired) electrons. The molecule has 0 aliphatic carbocycles.